The second-order valence-electron chi connectivity index (χ2n) is 4.75. The van der Waals surface area contributed by atoms with Crippen molar-refractivity contribution < 1.29 is 9.59 Å². The van der Waals surface area contributed by atoms with E-state index in [1.165, 1.54) is 0 Å². The molecule has 0 heterocycles. The van der Waals surface area contributed by atoms with E-state index in [0.717, 1.165) is 12.8 Å². The van der Waals surface area contributed by atoms with Crippen LogP contribution in [0.15, 0.2) is 0 Å². The Labute approximate surface area is 103 Å². The maximum Gasteiger partial charge on any atom is 0.239 e. The number of carbonyl (C=O) groups is 2. The van der Waals surface area contributed by atoms with Gasteiger partial charge in [-0.15, -0.1) is 0 Å². The quantitative estimate of drug-likeness (QED) is 0.694. The molecule has 1 fully saturated rings. The number of hydrogen-bond acceptors (Lipinski definition) is 3. The summed E-state index contributed by atoms with van der Waals surface area (Å²) in [5.41, 5.74) is 0. The third kappa shape index (κ3) is 4.34. The summed E-state index contributed by atoms with van der Waals surface area (Å²) >= 11 is 0. The van der Waals surface area contributed by atoms with Crippen molar-refractivity contribution in [3.63, 3.8) is 0 Å². The Kier molecular flexibility index (Phi) is 4.93. The van der Waals surface area contributed by atoms with Crippen LogP contribution in [-0.2, 0) is 9.59 Å². The molecule has 0 aromatic heterocycles. The highest BCUT2D eigenvalue weighted by molar-refractivity contribution is 5.85. The molecule has 1 saturated carbocycles. The minimum Gasteiger partial charge on any atom is -0.352 e. The third-order valence-electron chi connectivity index (χ3n) is 3.04. The Morgan fingerprint density at radius 3 is 2.35 bits per heavy atom. The van der Waals surface area contributed by atoms with E-state index in [-0.39, 0.29) is 23.9 Å². The van der Waals surface area contributed by atoms with Crippen molar-refractivity contribution in [2.75, 3.05) is 13.6 Å². The molecule has 0 spiro atoms. The van der Waals surface area contributed by atoms with Crippen molar-refractivity contribution in [2.45, 2.75) is 51.7 Å². The first-order valence-corrected chi connectivity index (χ1v) is 6.27. The van der Waals surface area contributed by atoms with Crippen molar-refractivity contribution in [1.29, 1.82) is 0 Å². The third-order valence-corrected chi connectivity index (χ3v) is 3.04. The number of amides is 2. The van der Waals surface area contributed by atoms with E-state index in [1.807, 2.05) is 6.92 Å². The topological polar surface area (TPSA) is 61.4 Å². The average molecular weight is 241 g/mol. The second-order valence-corrected chi connectivity index (χ2v) is 4.75. The second kappa shape index (κ2) is 6.00. The van der Waals surface area contributed by atoms with E-state index in [2.05, 4.69) is 10.6 Å². The SMILES string of the molecule is CCN(C)C(=O)C(C)NC(C)C(=O)NC1CC1. The van der Waals surface area contributed by atoms with Gasteiger partial charge in [0.05, 0.1) is 12.1 Å². The number of hydrogen-bond donors (Lipinski definition) is 2. The van der Waals surface area contributed by atoms with Gasteiger partial charge in [-0.05, 0) is 33.6 Å². The predicted octanol–water partition coefficient (Wildman–Crippen LogP) is 0.110. The molecule has 98 valence electrons. The molecule has 2 amide bonds. The number of rotatable bonds is 6. The van der Waals surface area contributed by atoms with Gasteiger partial charge in [0.25, 0.3) is 0 Å². The summed E-state index contributed by atoms with van der Waals surface area (Å²) in [6.07, 6.45) is 2.15. The Morgan fingerprint density at radius 1 is 1.29 bits per heavy atom. The summed E-state index contributed by atoms with van der Waals surface area (Å²) in [7, 11) is 1.76. The fraction of sp³-hybridized carbons (Fsp3) is 0.833. The van der Waals surface area contributed by atoms with E-state index >= 15 is 0 Å². The van der Waals surface area contributed by atoms with Crippen LogP contribution in [0.1, 0.15) is 33.6 Å². The zero-order valence-corrected chi connectivity index (χ0v) is 11.1. The Morgan fingerprint density at radius 2 is 1.88 bits per heavy atom. The zero-order chi connectivity index (χ0) is 13.0. The first kappa shape index (κ1) is 14.0. The van der Waals surface area contributed by atoms with Gasteiger partial charge >= 0.3 is 0 Å². The van der Waals surface area contributed by atoms with Crippen molar-refractivity contribution >= 4 is 11.8 Å². The van der Waals surface area contributed by atoms with Crippen LogP contribution in [0.5, 0.6) is 0 Å². The Bertz CT molecular complexity index is 289. The molecule has 0 aromatic carbocycles. The summed E-state index contributed by atoms with van der Waals surface area (Å²) in [5, 5.41) is 5.94. The number of carbonyl (C=O) groups excluding carboxylic acids is 2. The van der Waals surface area contributed by atoms with E-state index in [4.69, 9.17) is 0 Å². The highest BCUT2D eigenvalue weighted by Crippen LogP contribution is 2.18. The van der Waals surface area contributed by atoms with Crippen LogP contribution >= 0.6 is 0 Å². The molecule has 5 nitrogen and oxygen atoms in total. The maximum absolute atomic E-state index is 11.8. The minimum atomic E-state index is -0.334. The molecule has 0 bridgehead atoms. The van der Waals surface area contributed by atoms with Gasteiger partial charge < -0.3 is 10.2 Å². The summed E-state index contributed by atoms with van der Waals surface area (Å²) in [6, 6.07) is -0.309. The Balaban J connectivity index is 2.35. The van der Waals surface area contributed by atoms with Gasteiger partial charge in [-0.25, -0.2) is 0 Å². The monoisotopic (exact) mass is 241 g/mol. The number of likely N-dealkylation sites (N-methyl/N-ethyl adjacent to an activating group) is 1. The molecule has 2 unspecified atom stereocenters. The molecule has 5 heteroatoms. The van der Waals surface area contributed by atoms with E-state index < -0.39 is 0 Å². The van der Waals surface area contributed by atoms with Crippen molar-refractivity contribution in [3.8, 4) is 0 Å². The minimum absolute atomic E-state index is 0.0126. The molecule has 17 heavy (non-hydrogen) atoms. The summed E-state index contributed by atoms with van der Waals surface area (Å²) < 4.78 is 0. The zero-order valence-electron chi connectivity index (χ0n) is 11.1. The summed E-state index contributed by atoms with van der Waals surface area (Å²) in [6.45, 7) is 6.17. The highest BCUT2D eigenvalue weighted by Gasteiger charge is 2.27. The molecular weight excluding hydrogens is 218 g/mol. The van der Waals surface area contributed by atoms with Gasteiger partial charge in [-0.3, -0.25) is 14.9 Å². The van der Waals surface area contributed by atoms with Crippen LogP contribution in [0.25, 0.3) is 0 Å². The molecule has 0 aliphatic heterocycles. The van der Waals surface area contributed by atoms with Crippen LogP contribution in [0, 0.1) is 0 Å². The lowest BCUT2D eigenvalue weighted by molar-refractivity contribution is -0.132. The first-order valence-electron chi connectivity index (χ1n) is 6.27. The fourth-order valence-corrected chi connectivity index (χ4v) is 1.56. The molecule has 0 saturated heterocycles. The van der Waals surface area contributed by atoms with Gasteiger partial charge in [-0.2, -0.15) is 0 Å². The van der Waals surface area contributed by atoms with Crippen molar-refractivity contribution in [2.24, 2.45) is 0 Å². The highest BCUT2D eigenvalue weighted by atomic mass is 16.2. The largest absolute Gasteiger partial charge is 0.352 e. The van der Waals surface area contributed by atoms with Gasteiger partial charge in [0.15, 0.2) is 0 Å². The van der Waals surface area contributed by atoms with E-state index in [9.17, 15) is 9.59 Å². The number of nitrogens with zero attached hydrogens (tertiary/aromatic N) is 1. The fourth-order valence-electron chi connectivity index (χ4n) is 1.56. The van der Waals surface area contributed by atoms with Crippen molar-refractivity contribution in [1.82, 2.24) is 15.5 Å². The lowest BCUT2D eigenvalue weighted by Crippen LogP contribution is -2.51. The first-order chi connectivity index (χ1) is 7.95. The lowest BCUT2D eigenvalue weighted by atomic mass is 10.2. The van der Waals surface area contributed by atoms with Gasteiger partial charge in [0.1, 0.15) is 0 Å². The smallest absolute Gasteiger partial charge is 0.239 e. The van der Waals surface area contributed by atoms with Crippen LogP contribution in [0.2, 0.25) is 0 Å². The van der Waals surface area contributed by atoms with E-state index in [0.29, 0.717) is 12.6 Å². The number of nitrogens with one attached hydrogen (secondary N) is 2. The molecule has 1 aliphatic carbocycles. The maximum atomic E-state index is 11.8. The van der Waals surface area contributed by atoms with Gasteiger partial charge in [0, 0.05) is 19.6 Å². The molecule has 1 aliphatic rings. The molecule has 2 atom stereocenters. The van der Waals surface area contributed by atoms with Crippen molar-refractivity contribution in [3.05, 3.63) is 0 Å². The summed E-state index contributed by atoms with van der Waals surface area (Å²) in [5.74, 6) is -0.00938. The normalized spacial score (nSPS) is 18.4. The van der Waals surface area contributed by atoms with Crippen LogP contribution in [0.4, 0.5) is 0 Å². The van der Waals surface area contributed by atoms with Crippen LogP contribution < -0.4 is 10.6 Å². The predicted molar refractivity (Wildman–Crippen MR) is 66.5 cm³/mol. The van der Waals surface area contributed by atoms with Gasteiger partial charge in [0.2, 0.25) is 11.8 Å². The standard InChI is InChI=1S/C12H23N3O2/c1-5-15(4)12(17)9(3)13-8(2)11(16)14-10-6-7-10/h8-10,13H,5-7H2,1-4H3,(H,14,16). The average Bonchev–Trinajstić information content (AvgIpc) is 3.10. The molecule has 2 N–H and O–H groups in total. The van der Waals surface area contributed by atoms with Crippen LogP contribution in [0.3, 0.4) is 0 Å². The van der Waals surface area contributed by atoms with Gasteiger partial charge in [-0.1, -0.05) is 0 Å². The van der Waals surface area contributed by atoms with E-state index in [1.54, 1.807) is 25.8 Å². The Hall–Kier alpha value is -1.10. The molecule has 0 aromatic rings. The van der Waals surface area contributed by atoms with Crippen LogP contribution in [-0.4, -0.2) is 48.4 Å². The molecule has 0 radical (unpaired) electrons. The molecule has 1 rings (SSSR count). The molecular formula is C12H23N3O2. The summed E-state index contributed by atoms with van der Waals surface area (Å²) in [4.78, 5) is 25.1. The lowest BCUT2D eigenvalue weighted by Gasteiger charge is -2.23.